The van der Waals surface area contributed by atoms with Gasteiger partial charge in [0.15, 0.2) is 0 Å². The van der Waals surface area contributed by atoms with Crippen molar-refractivity contribution in [1.82, 2.24) is 9.97 Å². The molecule has 3 nitrogen and oxygen atoms in total. The van der Waals surface area contributed by atoms with Crippen LogP contribution in [0.25, 0.3) is 0 Å². The first kappa shape index (κ1) is 11.3. The van der Waals surface area contributed by atoms with Gasteiger partial charge in [-0.1, -0.05) is 12.8 Å². The average Bonchev–Trinajstić information content (AvgIpc) is 2.59. The van der Waals surface area contributed by atoms with Gasteiger partial charge in [-0.15, -0.1) is 0 Å². The predicted molar refractivity (Wildman–Crippen MR) is 68.6 cm³/mol. The second-order valence-electron chi connectivity index (χ2n) is 5.92. The average molecular weight is 233 g/mol. The Morgan fingerprint density at radius 2 is 1.82 bits per heavy atom. The number of nitrogens with one attached hydrogen (secondary N) is 1. The zero-order valence-electron chi connectivity index (χ0n) is 10.7. The number of imidazole rings is 1. The third-order valence-electron chi connectivity index (χ3n) is 4.74. The van der Waals surface area contributed by atoms with Gasteiger partial charge in [-0.3, -0.25) is 0 Å². The summed E-state index contributed by atoms with van der Waals surface area (Å²) in [7, 11) is 0. The molecule has 0 bridgehead atoms. The van der Waals surface area contributed by atoms with Gasteiger partial charge in [0.1, 0.15) is 5.82 Å². The molecule has 1 aromatic heterocycles. The van der Waals surface area contributed by atoms with Gasteiger partial charge in [-0.2, -0.15) is 0 Å². The molecule has 17 heavy (non-hydrogen) atoms. The van der Waals surface area contributed by atoms with Gasteiger partial charge in [0, 0.05) is 18.2 Å². The lowest BCUT2D eigenvalue weighted by Gasteiger charge is -2.41. The van der Waals surface area contributed by atoms with Crippen molar-refractivity contribution in [2.24, 2.45) is 17.6 Å². The van der Waals surface area contributed by atoms with E-state index in [4.69, 9.17) is 5.73 Å². The molecule has 94 valence electrons. The molecule has 2 saturated carbocycles. The maximum absolute atomic E-state index is 5.90. The molecular weight excluding hydrogens is 210 g/mol. The Kier molecular flexibility index (Phi) is 2.95. The Morgan fingerprint density at radius 1 is 1.24 bits per heavy atom. The maximum atomic E-state index is 5.90. The fourth-order valence-corrected chi connectivity index (χ4v) is 3.18. The van der Waals surface area contributed by atoms with Gasteiger partial charge in [-0.25, -0.2) is 4.98 Å². The summed E-state index contributed by atoms with van der Waals surface area (Å²) in [5, 5.41) is 0. The fraction of sp³-hybridized carbons (Fsp3) is 0.786. The summed E-state index contributed by atoms with van der Waals surface area (Å²) in [5.74, 6) is 3.66. The van der Waals surface area contributed by atoms with Crippen LogP contribution >= 0.6 is 0 Å². The molecule has 2 aliphatic carbocycles. The number of H-pyrrole nitrogens is 1. The van der Waals surface area contributed by atoms with Crippen molar-refractivity contribution in [3.8, 4) is 0 Å². The third kappa shape index (κ3) is 2.01. The zero-order chi connectivity index (χ0) is 11.8. The second kappa shape index (κ2) is 4.45. The molecule has 0 aromatic carbocycles. The van der Waals surface area contributed by atoms with E-state index in [9.17, 15) is 0 Å². The minimum absolute atomic E-state index is 0.0691. The van der Waals surface area contributed by atoms with Crippen molar-refractivity contribution >= 4 is 0 Å². The monoisotopic (exact) mass is 233 g/mol. The van der Waals surface area contributed by atoms with Crippen molar-refractivity contribution in [2.45, 2.75) is 57.4 Å². The summed E-state index contributed by atoms with van der Waals surface area (Å²) in [6, 6.07) is 0.0691. The molecule has 0 spiro atoms. The summed E-state index contributed by atoms with van der Waals surface area (Å²) in [6.45, 7) is 2.01. The lowest BCUT2D eigenvalue weighted by Crippen LogP contribution is -2.31. The molecule has 3 rings (SSSR count). The molecule has 1 atom stereocenters. The van der Waals surface area contributed by atoms with E-state index in [-0.39, 0.29) is 6.04 Å². The normalized spacial score (nSPS) is 23.5. The van der Waals surface area contributed by atoms with Gasteiger partial charge >= 0.3 is 0 Å². The predicted octanol–water partition coefficient (Wildman–Crippen LogP) is 3.11. The van der Waals surface area contributed by atoms with Crippen LogP contribution in [-0.2, 0) is 0 Å². The van der Waals surface area contributed by atoms with Gasteiger partial charge < -0.3 is 10.7 Å². The highest BCUT2D eigenvalue weighted by Gasteiger charge is 2.38. The molecule has 0 saturated heterocycles. The number of nitrogens with zero attached hydrogens (tertiary/aromatic N) is 1. The highest BCUT2D eigenvalue weighted by atomic mass is 14.9. The second-order valence-corrected chi connectivity index (χ2v) is 5.92. The molecule has 3 heteroatoms. The van der Waals surface area contributed by atoms with Crippen molar-refractivity contribution in [3.05, 3.63) is 17.7 Å². The van der Waals surface area contributed by atoms with E-state index in [1.165, 1.54) is 44.3 Å². The molecule has 3 N–H and O–H groups in total. The summed E-state index contributed by atoms with van der Waals surface area (Å²) in [4.78, 5) is 8.08. The topological polar surface area (TPSA) is 54.7 Å². The molecular formula is C14H23N3. The Hall–Kier alpha value is -0.830. The number of nitrogens with two attached hydrogens (primary N) is 1. The van der Waals surface area contributed by atoms with Crippen LogP contribution in [0.5, 0.6) is 0 Å². The van der Waals surface area contributed by atoms with Crippen molar-refractivity contribution in [2.75, 3.05) is 0 Å². The van der Waals surface area contributed by atoms with Crippen LogP contribution in [0.2, 0.25) is 0 Å². The third-order valence-corrected chi connectivity index (χ3v) is 4.74. The Labute approximate surface area is 103 Å². The van der Waals surface area contributed by atoms with Crippen LogP contribution in [0, 0.1) is 11.8 Å². The number of aromatic nitrogens is 2. The summed E-state index contributed by atoms with van der Waals surface area (Å²) in [5.41, 5.74) is 6.99. The Morgan fingerprint density at radius 3 is 2.18 bits per heavy atom. The fourth-order valence-electron chi connectivity index (χ4n) is 3.18. The van der Waals surface area contributed by atoms with E-state index in [1.807, 2.05) is 13.1 Å². The van der Waals surface area contributed by atoms with E-state index in [1.54, 1.807) is 0 Å². The summed E-state index contributed by atoms with van der Waals surface area (Å²) < 4.78 is 0. The molecule has 2 aliphatic rings. The van der Waals surface area contributed by atoms with Crippen LogP contribution in [0.1, 0.15) is 68.9 Å². The molecule has 0 amide bonds. The lowest BCUT2D eigenvalue weighted by atomic mass is 9.64. The van der Waals surface area contributed by atoms with Crippen molar-refractivity contribution < 1.29 is 0 Å². The van der Waals surface area contributed by atoms with Crippen LogP contribution in [-0.4, -0.2) is 9.97 Å². The van der Waals surface area contributed by atoms with Crippen LogP contribution in [0.4, 0.5) is 0 Å². The molecule has 1 unspecified atom stereocenters. The number of aromatic amines is 1. The van der Waals surface area contributed by atoms with Crippen molar-refractivity contribution in [3.63, 3.8) is 0 Å². The molecule has 1 heterocycles. The molecule has 1 aromatic rings. The maximum Gasteiger partial charge on any atom is 0.109 e. The highest BCUT2D eigenvalue weighted by molar-refractivity contribution is 5.12. The van der Waals surface area contributed by atoms with Gasteiger partial charge in [0.25, 0.3) is 0 Å². The Balaban J connectivity index is 1.80. The van der Waals surface area contributed by atoms with Crippen LogP contribution < -0.4 is 5.73 Å². The van der Waals surface area contributed by atoms with Gasteiger partial charge in [0.2, 0.25) is 0 Å². The van der Waals surface area contributed by atoms with E-state index in [0.29, 0.717) is 5.92 Å². The number of rotatable bonds is 4. The smallest absolute Gasteiger partial charge is 0.109 e. The standard InChI is InChI=1S/C14H23N3/c1-9(15)12-8-16-14(17-12)13(10-4-2-5-10)11-6-3-7-11/h8-11,13H,2-7,15H2,1H3,(H,16,17). The SMILES string of the molecule is CC(N)c1cnc(C(C2CCC2)C2CCC2)[nH]1. The number of hydrogen-bond acceptors (Lipinski definition) is 2. The number of hydrogen-bond donors (Lipinski definition) is 2. The van der Waals surface area contributed by atoms with Crippen molar-refractivity contribution in [1.29, 1.82) is 0 Å². The Bertz CT molecular complexity index is 361. The van der Waals surface area contributed by atoms with E-state index >= 15 is 0 Å². The molecule has 0 aliphatic heterocycles. The first-order chi connectivity index (χ1) is 8.25. The first-order valence-electron chi connectivity index (χ1n) is 7.06. The van der Waals surface area contributed by atoms with E-state index in [0.717, 1.165) is 17.5 Å². The van der Waals surface area contributed by atoms with Crippen LogP contribution in [0.3, 0.4) is 0 Å². The first-order valence-corrected chi connectivity index (χ1v) is 7.06. The largest absolute Gasteiger partial charge is 0.344 e. The summed E-state index contributed by atoms with van der Waals surface area (Å²) >= 11 is 0. The lowest BCUT2D eigenvalue weighted by molar-refractivity contribution is 0.144. The minimum atomic E-state index is 0.0691. The molecule has 2 fully saturated rings. The summed E-state index contributed by atoms with van der Waals surface area (Å²) in [6.07, 6.45) is 10.4. The minimum Gasteiger partial charge on any atom is -0.344 e. The van der Waals surface area contributed by atoms with Crippen LogP contribution in [0.15, 0.2) is 6.20 Å². The van der Waals surface area contributed by atoms with E-state index < -0.39 is 0 Å². The van der Waals surface area contributed by atoms with Gasteiger partial charge in [0.05, 0.1) is 5.69 Å². The molecule has 0 radical (unpaired) electrons. The van der Waals surface area contributed by atoms with Gasteiger partial charge in [-0.05, 0) is 44.4 Å². The highest BCUT2D eigenvalue weighted by Crippen LogP contribution is 2.49. The zero-order valence-corrected chi connectivity index (χ0v) is 10.7. The van der Waals surface area contributed by atoms with E-state index in [2.05, 4.69) is 9.97 Å². The quantitative estimate of drug-likeness (QED) is 0.839.